The van der Waals surface area contributed by atoms with Crippen molar-refractivity contribution in [3.05, 3.63) is 36.5 Å². The summed E-state index contributed by atoms with van der Waals surface area (Å²) in [5.41, 5.74) is 0.324. The molecule has 1 rings (SSSR count). The monoisotopic (exact) mass is 221 g/mol. The molecule has 0 fully saturated rings. The van der Waals surface area contributed by atoms with Crippen LogP contribution in [-0.2, 0) is 4.74 Å². The van der Waals surface area contributed by atoms with Gasteiger partial charge >= 0.3 is 5.97 Å². The number of carbonyl (C=O) groups excluding carboxylic acids is 1. The zero-order valence-corrected chi connectivity index (χ0v) is 9.47. The average Bonchev–Trinajstić information content (AvgIpc) is 2.35. The minimum atomic E-state index is -0.447. The maximum Gasteiger partial charge on any atom is 0.344 e. The smallest absolute Gasteiger partial charge is 0.344 e. The molecule has 0 spiro atoms. The van der Waals surface area contributed by atoms with Gasteiger partial charge in [0.2, 0.25) is 5.88 Å². The van der Waals surface area contributed by atoms with E-state index >= 15 is 0 Å². The van der Waals surface area contributed by atoms with Crippen LogP contribution >= 0.6 is 0 Å². The molecule has 0 aliphatic rings. The molecule has 0 aliphatic heterocycles. The van der Waals surface area contributed by atoms with Crippen LogP contribution in [0.2, 0.25) is 0 Å². The van der Waals surface area contributed by atoms with Crippen molar-refractivity contribution in [3.8, 4) is 5.88 Å². The molecule has 4 nitrogen and oxygen atoms in total. The number of carbonyl (C=O) groups is 1. The minimum absolute atomic E-state index is 0.270. The van der Waals surface area contributed by atoms with E-state index in [9.17, 15) is 4.79 Å². The Morgan fingerprint density at radius 1 is 1.69 bits per heavy atom. The number of hydrogen-bond donors (Lipinski definition) is 0. The Morgan fingerprint density at radius 2 is 2.44 bits per heavy atom. The Balaban J connectivity index is 2.83. The van der Waals surface area contributed by atoms with Crippen molar-refractivity contribution in [1.29, 1.82) is 0 Å². The summed E-state index contributed by atoms with van der Waals surface area (Å²) in [5, 5.41) is 0. The van der Waals surface area contributed by atoms with Crippen molar-refractivity contribution in [2.24, 2.45) is 0 Å². The van der Waals surface area contributed by atoms with Gasteiger partial charge in [-0.3, -0.25) is 0 Å². The zero-order chi connectivity index (χ0) is 12.0. The molecule has 0 N–H and O–H groups in total. The predicted molar refractivity (Wildman–Crippen MR) is 60.5 cm³/mol. The Kier molecular flexibility index (Phi) is 4.51. The highest BCUT2D eigenvalue weighted by atomic mass is 16.5. The van der Waals surface area contributed by atoms with E-state index in [1.165, 1.54) is 7.11 Å². The Morgan fingerprint density at radius 3 is 3.00 bits per heavy atom. The highest BCUT2D eigenvalue weighted by Crippen LogP contribution is 2.16. The minimum Gasteiger partial charge on any atom is -0.480 e. The van der Waals surface area contributed by atoms with Gasteiger partial charge in [0.15, 0.2) is 0 Å². The van der Waals surface area contributed by atoms with Crippen molar-refractivity contribution in [2.75, 3.05) is 7.11 Å². The van der Waals surface area contributed by atoms with Gasteiger partial charge in [-0.2, -0.15) is 0 Å². The number of ether oxygens (including phenoxy) is 2. The first kappa shape index (κ1) is 12.2. The first-order valence-corrected chi connectivity index (χ1v) is 5.05. The summed E-state index contributed by atoms with van der Waals surface area (Å²) >= 11 is 0. The molecule has 0 bridgehead atoms. The largest absolute Gasteiger partial charge is 0.480 e. The van der Waals surface area contributed by atoms with E-state index in [-0.39, 0.29) is 12.0 Å². The second kappa shape index (κ2) is 5.90. The lowest BCUT2D eigenvalue weighted by Gasteiger charge is -2.12. The van der Waals surface area contributed by atoms with Crippen LogP contribution in [0.25, 0.3) is 0 Å². The van der Waals surface area contributed by atoms with Crippen LogP contribution in [0.5, 0.6) is 5.88 Å². The van der Waals surface area contributed by atoms with Gasteiger partial charge in [0.05, 0.1) is 7.11 Å². The molecule has 0 saturated heterocycles. The van der Waals surface area contributed by atoms with Gasteiger partial charge < -0.3 is 9.47 Å². The Bertz CT molecular complexity index is 376. The van der Waals surface area contributed by atoms with Crippen LogP contribution in [0.4, 0.5) is 0 Å². The number of aromatic nitrogens is 1. The number of hydrogen-bond acceptors (Lipinski definition) is 4. The van der Waals surface area contributed by atoms with Gasteiger partial charge in [0.25, 0.3) is 0 Å². The Hall–Kier alpha value is -1.84. The molecular formula is C12H15NO3. The van der Waals surface area contributed by atoms with E-state index in [0.29, 0.717) is 12.0 Å². The third-order valence-electron chi connectivity index (χ3n) is 2.11. The van der Waals surface area contributed by atoms with Crippen LogP contribution in [0.3, 0.4) is 0 Å². The maximum atomic E-state index is 11.8. The molecule has 1 aromatic rings. The third-order valence-corrected chi connectivity index (χ3v) is 2.11. The molecule has 0 unspecified atom stereocenters. The van der Waals surface area contributed by atoms with E-state index < -0.39 is 5.97 Å². The van der Waals surface area contributed by atoms with Crippen LogP contribution in [-0.4, -0.2) is 24.2 Å². The number of methoxy groups -OCH3 is 1. The fourth-order valence-corrected chi connectivity index (χ4v) is 1.21. The number of pyridine rings is 1. The highest BCUT2D eigenvalue weighted by molar-refractivity contribution is 5.91. The van der Waals surface area contributed by atoms with Crippen molar-refractivity contribution in [2.45, 2.75) is 19.4 Å². The SMILES string of the molecule is C=C[C@@H](CC)OC(=O)c1cccnc1OC. The lowest BCUT2D eigenvalue weighted by Crippen LogP contribution is -2.16. The van der Waals surface area contributed by atoms with Gasteiger partial charge in [-0.1, -0.05) is 19.6 Å². The molecule has 1 heterocycles. The summed E-state index contributed by atoms with van der Waals surface area (Å²) in [6, 6.07) is 3.28. The van der Waals surface area contributed by atoms with E-state index in [1.54, 1.807) is 24.4 Å². The molecule has 4 heteroatoms. The molecule has 0 saturated carbocycles. The van der Waals surface area contributed by atoms with E-state index in [0.717, 1.165) is 0 Å². The first-order valence-electron chi connectivity index (χ1n) is 5.05. The Labute approximate surface area is 94.9 Å². The number of esters is 1. The lowest BCUT2D eigenvalue weighted by molar-refractivity contribution is 0.0384. The first-order chi connectivity index (χ1) is 7.72. The van der Waals surface area contributed by atoms with E-state index in [4.69, 9.17) is 9.47 Å². The second-order valence-corrected chi connectivity index (χ2v) is 3.15. The molecule has 0 aliphatic carbocycles. The lowest BCUT2D eigenvalue weighted by atomic mass is 10.2. The summed E-state index contributed by atoms with van der Waals surface area (Å²) in [5.74, 6) is -0.178. The topological polar surface area (TPSA) is 48.4 Å². The van der Waals surface area contributed by atoms with Gasteiger partial charge in [0.1, 0.15) is 11.7 Å². The van der Waals surface area contributed by atoms with Gasteiger partial charge in [-0.25, -0.2) is 9.78 Å². The standard InChI is InChI=1S/C12H15NO3/c1-4-9(5-2)16-12(14)10-7-6-8-13-11(10)15-3/h4,6-9H,1,5H2,2-3H3/t9-/m0/s1. The molecule has 86 valence electrons. The quantitative estimate of drug-likeness (QED) is 0.565. The van der Waals surface area contributed by atoms with Gasteiger partial charge in [0, 0.05) is 6.20 Å². The van der Waals surface area contributed by atoms with Gasteiger partial charge in [-0.05, 0) is 18.6 Å². The normalized spacial score (nSPS) is 11.6. The third kappa shape index (κ3) is 2.82. The van der Waals surface area contributed by atoms with Crippen molar-refractivity contribution in [3.63, 3.8) is 0 Å². The van der Waals surface area contributed by atoms with Crippen LogP contribution in [0.15, 0.2) is 31.0 Å². The number of rotatable bonds is 5. The summed E-state index contributed by atoms with van der Waals surface area (Å²) in [7, 11) is 1.46. The summed E-state index contributed by atoms with van der Waals surface area (Å²) in [6.07, 6.45) is 3.57. The van der Waals surface area contributed by atoms with Crippen LogP contribution < -0.4 is 4.74 Å². The van der Waals surface area contributed by atoms with Crippen molar-refractivity contribution >= 4 is 5.97 Å². The van der Waals surface area contributed by atoms with Crippen LogP contribution in [0.1, 0.15) is 23.7 Å². The van der Waals surface area contributed by atoms with Crippen molar-refractivity contribution < 1.29 is 14.3 Å². The molecule has 16 heavy (non-hydrogen) atoms. The zero-order valence-electron chi connectivity index (χ0n) is 9.47. The van der Waals surface area contributed by atoms with Crippen molar-refractivity contribution in [1.82, 2.24) is 4.98 Å². The summed E-state index contributed by atoms with van der Waals surface area (Å²) in [6.45, 7) is 5.51. The molecule has 1 aromatic heterocycles. The van der Waals surface area contributed by atoms with E-state index in [1.807, 2.05) is 6.92 Å². The number of nitrogens with zero attached hydrogens (tertiary/aromatic N) is 1. The fourth-order valence-electron chi connectivity index (χ4n) is 1.21. The molecule has 0 radical (unpaired) electrons. The maximum absolute atomic E-state index is 11.8. The van der Waals surface area contributed by atoms with Crippen LogP contribution in [0, 0.1) is 0 Å². The summed E-state index contributed by atoms with van der Waals surface area (Å²) in [4.78, 5) is 15.7. The fraction of sp³-hybridized carbons (Fsp3) is 0.333. The van der Waals surface area contributed by atoms with E-state index in [2.05, 4.69) is 11.6 Å². The molecular weight excluding hydrogens is 206 g/mol. The molecule has 0 aromatic carbocycles. The summed E-state index contributed by atoms with van der Waals surface area (Å²) < 4.78 is 10.2. The predicted octanol–water partition coefficient (Wildman–Crippen LogP) is 2.21. The second-order valence-electron chi connectivity index (χ2n) is 3.15. The highest BCUT2D eigenvalue weighted by Gasteiger charge is 2.16. The average molecular weight is 221 g/mol. The molecule has 0 amide bonds. The van der Waals surface area contributed by atoms with Gasteiger partial charge in [-0.15, -0.1) is 0 Å². The molecule has 1 atom stereocenters.